The largest absolute Gasteiger partial charge is 0.380 e. The smallest absolute Gasteiger partial charge is 0.193 e. The third-order valence-electron chi connectivity index (χ3n) is 3.67. The van der Waals surface area contributed by atoms with Crippen molar-refractivity contribution in [3.63, 3.8) is 0 Å². The van der Waals surface area contributed by atoms with E-state index < -0.39 is 0 Å². The molecule has 2 aromatic carbocycles. The van der Waals surface area contributed by atoms with Gasteiger partial charge in [0.1, 0.15) is 5.82 Å². The number of anilines is 1. The Hall–Kier alpha value is -2.40. The number of rotatable bonds is 6. The van der Waals surface area contributed by atoms with Gasteiger partial charge in [-0.25, -0.2) is 9.38 Å². The average molecular weight is 329 g/mol. The molecule has 24 heavy (non-hydrogen) atoms. The van der Waals surface area contributed by atoms with Gasteiger partial charge in [-0.15, -0.1) is 0 Å². The maximum atomic E-state index is 13.6. The number of halogens is 1. The molecule has 0 radical (unpaired) electrons. The lowest BCUT2D eigenvalue weighted by molar-refractivity contribution is 0.181. The lowest BCUT2D eigenvalue weighted by Crippen LogP contribution is -2.22. The highest BCUT2D eigenvalue weighted by Crippen LogP contribution is 2.18. The van der Waals surface area contributed by atoms with Crippen molar-refractivity contribution in [2.45, 2.75) is 32.9 Å². The SMILES string of the molecule is COCc1cc(CN=C(N)Nc2cccc(C(C)C)c2)ccc1F. The number of guanidine groups is 1. The molecule has 0 spiro atoms. The summed E-state index contributed by atoms with van der Waals surface area (Å²) in [7, 11) is 1.54. The quantitative estimate of drug-likeness (QED) is 0.621. The second-order valence-corrected chi connectivity index (χ2v) is 5.97. The number of nitrogens with zero attached hydrogens (tertiary/aromatic N) is 1. The molecular formula is C19H24FN3O. The van der Waals surface area contributed by atoms with Crippen molar-refractivity contribution in [2.24, 2.45) is 10.7 Å². The fourth-order valence-corrected chi connectivity index (χ4v) is 2.33. The molecule has 0 saturated carbocycles. The average Bonchev–Trinajstić information content (AvgIpc) is 2.56. The van der Waals surface area contributed by atoms with Crippen LogP contribution in [0.4, 0.5) is 10.1 Å². The molecule has 0 bridgehead atoms. The number of hydrogen-bond acceptors (Lipinski definition) is 2. The molecule has 128 valence electrons. The molecule has 2 aromatic rings. The van der Waals surface area contributed by atoms with Crippen LogP contribution in [-0.4, -0.2) is 13.1 Å². The molecule has 0 unspecified atom stereocenters. The number of nitrogens with two attached hydrogens (primary N) is 1. The van der Waals surface area contributed by atoms with Gasteiger partial charge in [-0.1, -0.05) is 32.0 Å². The Labute approximate surface area is 142 Å². The highest BCUT2D eigenvalue weighted by atomic mass is 19.1. The lowest BCUT2D eigenvalue weighted by Gasteiger charge is -2.10. The predicted molar refractivity (Wildman–Crippen MR) is 96.6 cm³/mol. The van der Waals surface area contributed by atoms with Crippen LogP contribution in [0.1, 0.15) is 36.5 Å². The summed E-state index contributed by atoms with van der Waals surface area (Å²) in [4.78, 5) is 4.32. The van der Waals surface area contributed by atoms with E-state index in [0.717, 1.165) is 11.3 Å². The van der Waals surface area contributed by atoms with Gasteiger partial charge < -0.3 is 15.8 Å². The molecule has 0 saturated heterocycles. The molecule has 0 amide bonds. The number of nitrogens with one attached hydrogen (secondary N) is 1. The van der Waals surface area contributed by atoms with Crippen LogP contribution in [0.25, 0.3) is 0 Å². The summed E-state index contributed by atoms with van der Waals surface area (Å²) in [6.45, 7) is 4.89. The standard InChI is InChI=1S/C19H24FN3O/c1-13(2)15-5-4-6-17(10-15)23-19(21)22-11-14-7-8-18(20)16(9-14)12-24-3/h4-10,13H,11-12H2,1-3H3,(H3,21,22,23). The molecule has 0 aromatic heterocycles. The minimum atomic E-state index is -0.277. The van der Waals surface area contributed by atoms with Crippen LogP contribution in [0.2, 0.25) is 0 Å². The van der Waals surface area contributed by atoms with E-state index in [0.29, 0.717) is 24.0 Å². The minimum Gasteiger partial charge on any atom is -0.380 e. The number of methoxy groups -OCH3 is 1. The molecule has 2 rings (SSSR count). The van der Waals surface area contributed by atoms with Gasteiger partial charge in [-0.3, -0.25) is 0 Å². The summed E-state index contributed by atoms with van der Waals surface area (Å²) >= 11 is 0. The summed E-state index contributed by atoms with van der Waals surface area (Å²) < 4.78 is 18.6. The first kappa shape index (κ1) is 17.9. The molecule has 0 fully saturated rings. The lowest BCUT2D eigenvalue weighted by atomic mass is 10.0. The summed E-state index contributed by atoms with van der Waals surface area (Å²) in [6, 6.07) is 12.9. The molecule has 0 aliphatic rings. The van der Waals surface area contributed by atoms with Gasteiger partial charge >= 0.3 is 0 Å². The van der Waals surface area contributed by atoms with Crippen molar-refractivity contribution >= 4 is 11.6 Å². The van der Waals surface area contributed by atoms with Gasteiger partial charge in [-0.2, -0.15) is 0 Å². The van der Waals surface area contributed by atoms with Crippen molar-refractivity contribution in [3.8, 4) is 0 Å². The highest BCUT2D eigenvalue weighted by Gasteiger charge is 2.04. The number of benzene rings is 2. The van der Waals surface area contributed by atoms with Crippen LogP contribution in [-0.2, 0) is 17.9 Å². The van der Waals surface area contributed by atoms with Crippen LogP contribution in [0.3, 0.4) is 0 Å². The Morgan fingerprint density at radius 2 is 2.04 bits per heavy atom. The van der Waals surface area contributed by atoms with E-state index in [1.54, 1.807) is 12.1 Å². The van der Waals surface area contributed by atoms with Crippen LogP contribution in [0.5, 0.6) is 0 Å². The van der Waals surface area contributed by atoms with Crippen LogP contribution < -0.4 is 11.1 Å². The van der Waals surface area contributed by atoms with E-state index in [1.807, 2.05) is 12.1 Å². The Kier molecular flexibility index (Phi) is 6.32. The number of aliphatic imine (C=N–C) groups is 1. The molecule has 0 aliphatic carbocycles. The topological polar surface area (TPSA) is 59.6 Å². The van der Waals surface area contributed by atoms with Crippen LogP contribution in [0, 0.1) is 5.82 Å². The van der Waals surface area contributed by atoms with Gasteiger partial charge in [0.05, 0.1) is 13.2 Å². The van der Waals surface area contributed by atoms with Crippen LogP contribution >= 0.6 is 0 Å². The van der Waals surface area contributed by atoms with E-state index >= 15 is 0 Å². The maximum Gasteiger partial charge on any atom is 0.193 e. The van der Waals surface area contributed by atoms with Crippen molar-refractivity contribution in [1.82, 2.24) is 0 Å². The molecule has 3 N–H and O–H groups in total. The van der Waals surface area contributed by atoms with E-state index in [9.17, 15) is 4.39 Å². The van der Waals surface area contributed by atoms with Crippen molar-refractivity contribution in [1.29, 1.82) is 0 Å². The molecule has 0 atom stereocenters. The fourth-order valence-electron chi connectivity index (χ4n) is 2.33. The zero-order valence-electron chi connectivity index (χ0n) is 14.3. The normalized spacial score (nSPS) is 11.8. The first-order valence-corrected chi connectivity index (χ1v) is 7.92. The first-order chi connectivity index (χ1) is 11.5. The predicted octanol–water partition coefficient (Wildman–Crippen LogP) is 4.02. The summed E-state index contributed by atoms with van der Waals surface area (Å²) in [5, 5.41) is 3.09. The number of hydrogen-bond donors (Lipinski definition) is 2. The van der Waals surface area contributed by atoms with E-state index in [2.05, 4.69) is 36.3 Å². The second kappa shape index (κ2) is 8.45. The van der Waals surface area contributed by atoms with Crippen molar-refractivity contribution in [2.75, 3.05) is 12.4 Å². The van der Waals surface area contributed by atoms with Crippen molar-refractivity contribution in [3.05, 3.63) is 65.0 Å². The summed E-state index contributed by atoms with van der Waals surface area (Å²) in [6.07, 6.45) is 0. The van der Waals surface area contributed by atoms with E-state index in [4.69, 9.17) is 10.5 Å². The highest BCUT2D eigenvalue weighted by molar-refractivity contribution is 5.92. The summed E-state index contributed by atoms with van der Waals surface area (Å²) in [5.74, 6) is 0.498. The minimum absolute atomic E-state index is 0.235. The Bertz CT molecular complexity index is 714. The molecular weight excluding hydrogens is 305 g/mol. The Morgan fingerprint density at radius 3 is 2.75 bits per heavy atom. The van der Waals surface area contributed by atoms with Gasteiger partial charge in [0.2, 0.25) is 0 Å². The van der Waals surface area contributed by atoms with Gasteiger partial charge in [0.15, 0.2) is 5.96 Å². The fraction of sp³-hybridized carbons (Fsp3) is 0.316. The van der Waals surface area contributed by atoms with E-state index in [-0.39, 0.29) is 12.4 Å². The Morgan fingerprint density at radius 1 is 1.25 bits per heavy atom. The van der Waals surface area contributed by atoms with Crippen molar-refractivity contribution < 1.29 is 9.13 Å². The monoisotopic (exact) mass is 329 g/mol. The van der Waals surface area contributed by atoms with Crippen LogP contribution in [0.15, 0.2) is 47.5 Å². The molecule has 5 heteroatoms. The Balaban J connectivity index is 2.04. The molecule has 0 heterocycles. The maximum absolute atomic E-state index is 13.6. The van der Waals surface area contributed by atoms with Gasteiger partial charge in [0.25, 0.3) is 0 Å². The van der Waals surface area contributed by atoms with E-state index in [1.165, 1.54) is 18.7 Å². The summed E-state index contributed by atoms with van der Waals surface area (Å²) in [5.41, 5.74) is 9.48. The zero-order chi connectivity index (χ0) is 17.5. The third kappa shape index (κ3) is 5.06. The zero-order valence-corrected chi connectivity index (χ0v) is 14.3. The molecule has 0 aliphatic heterocycles. The number of ether oxygens (including phenoxy) is 1. The second-order valence-electron chi connectivity index (χ2n) is 5.97. The molecule has 4 nitrogen and oxygen atoms in total. The van der Waals surface area contributed by atoms with Gasteiger partial charge in [0, 0.05) is 18.4 Å². The van der Waals surface area contributed by atoms with Gasteiger partial charge in [-0.05, 0) is 41.3 Å². The third-order valence-corrected chi connectivity index (χ3v) is 3.67. The first-order valence-electron chi connectivity index (χ1n) is 7.92.